The van der Waals surface area contributed by atoms with E-state index in [0.717, 1.165) is 35.5 Å². The molecule has 0 aliphatic heterocycles. The molecule has 3 saturated carbocycles. The minimum atomic E-state index is 0.441. The largest absolute Gasteiger partial charge is 0.327 e. The molecule has 1 aromatic rings. The van der Waals surface area contributed by atoms with Crippen LogP contribution in [0.5, 0.6) is 0 Å². The van der Waals surface area contributed by atoms with Gasteiger partial charge in [-0.1, -0.05) is 17.7 Å². The quantitative estimate of drug-likeness (QED) is 0.713. The van der Waals surface area contributed by atoms with Gasteiger partial charge in [0.05, 0.1) is 0 Å². The zero-order valence-corrected chi connectivity index (χ0v) is 16.7. The maximum absolute atomic E-state index is 6.26. The van der Waals surface area contributed by atoms with Crippen molar-refractivity contribution in [3.05, 3.63) is 41.7 Å². The molecule has 0 spiro atoms. The molecule has 146 valence electrons. The Morgan fingerprint density at radius 1 is 0.963 bits per heavy atom. The normalized spacial score (nSPS) is 40.6. The first kappa shape index (κ1) is 17.9. The molecule has 0 aromatic carbocycles. The predicted molar refractivity (Wildman–Crippen MR) is 111 cm³/mol. The Bertz CT molecular complexity index is 666. The second-order valence-electron chi connectivity index (χ2n) is 9.99. The molecule has 1 heterocycles. The van der Waals surface area contributed by atoms with Gasteiger partial charge < -0.3 is 5.73 Å². The fraction of sp³-hybridized carbons (Fsp3) is 0.720. The van der Waals surface area contributed by atoms with Crippen molar-refractivity contribution in [2.24, 2.45) is 41.2 Å². The van der Waals surface area contributed by atoms with Crippen LogP contribution < -0.4 is 5.73 Å². The number of hydrogen-bond donors (Lipinski definition) is 1. The summed E-state index contributed by atoms with van der Waals surface area (Å²) in [6.07, 6.45) is 21.8. The molecule has 1 aromatic heterocycles. The van der Waals surface area contributed by atoms with Gasteiger partial charge in [0.15, 0.2) is 0 Å². The number of aryl methyl sites for hydroxylation is 1. The summed E-state index contributed by atoms with van der Waals surface area (Å²) in [5.41, 5.74) is 9.42. The maximum Gasteiger partial charge on any atom is 0.0299 e. The first-order valence-electron chi connectivity index (χ1n) is 11.6. The van der Waals surface area contributed by atoms with E-state index in [1.54, 1.807) is 5.57 Å². The highest BCUT2D eigenvalue weighted by molar-refractivity contribution is 5.19. The molecule has 7 unspecified atom stereocenters. The molecular formula is C25H36N2. The molecule has 4 aliphatic carbocycles. The van der Waals surface area contributed by atoms with E-state index < -0.39 is 0 Å². The van der Waals surface area contributed by atoms with E-state index in [9.17, 15) is 0 Å². The molecular weight excluding hydrogens is 328 g/mol. The molecule has 2 nitrogen and oxygen atoms in total. The maximum atomic E-state index is 6.26. The van der Waals surface area contributed by atoms with Crippen molar-refractivity contribution in [2.75, 3.05) is 0 Å². The second kappa shape index (κ2) is 7.70. The molecule has 2 N–H and O–H groups in total. The molecule has 7 atom stereocenters. The zero-order valence-electron chi connectivity index (χ0n) is 16.7. The van der Waals surface area contributed by atoms with Crippen LogP contribution in [-0.4, -0.2) is 11.0 Å². The number of allylic oxidation sites excluding steroid dienone is 1. The van der Waals surface area contributed by atoms with Crippen molar-refractivity contribution < 1.29 is 0 Å². The zero-order chi connectivity index (χ0) is 18.2. The van der Waals surface area contributed by atoms with Crippen LogP contribution in [0.4, 0.5) is 0 Å². The molecule has 0 saturated heterocycles. The molecule has 4 aliphatic rings. The summed E-state index contributed by atoms with van der Waals surface area (Å²) in [6, 6.07) is 4.75. The average Bonchev–Trinajstić information content (AvgIpc) is 3.11. The molecule has 0 bridgehead atoms. The van der Waals surface area contributed by atoms with Crippen LogP contribution in [0.25, 0.3) is 0 Å². The summed E-state index contributed by atoms with van der Waals surface area (Å²) in [5.74, 6) is 5.94. The number of aromatic nitrogens is 1. The summed E-state index contributed by atoms with van der Waals surface area (Å²) >= 11 is 0. The van der Waals surface area contributed by atoms with E-state index in [2.05, 4.69) is 23.2 Å². The Kier molecular flexibility index (Phi) is 5.11. The third-order valence-corrected chi connectivity index (χ3v) is 8.71. The number of nitrogens with zero attached hydrogens (tertiary/aromatic N) is 1. The Labute approximate surface area is 165 Å². The van der Waals surface area contributed by atoms with Gasteiger partial charge in [-0.3, -0.25) is 4.98 Å². The number of hydrogen-bond acceptors (Lipinski definition) is 2. The molecule has 3 fully saturated rings. The highest BCUT2D eigenvalue weighted by Gasteiger charge is 2.49. The fourth-order valence-corrected chi connectivity index (χ4v) is 7.55. The second-order valence-corrected chi connectivity index (χ2v) is 9.99. The summed E-state index contributed by atoms with van der Waals surface area (Å²) in [7, 11) is 0. The van der Waals surface area contributed by atoms with Crippen LogP contribution in [0.15, 0.2) is 36.2 Å². The predicted octanol–water partition coefficient (Wildman–Crippen LogP) is 5.53. The first-order chi connectivity index (χ1) is 13.3. The highest BCUT2D eigenvalue weighted by Crippen LogP contribution is 2.58. The van der Waals surface area contributed by atoms with E-state index in [-0.39, 0.29) is 0 Å². The van der Waals surface area contributed by atoms with Gasteiger partial charge in [-0.25, -0.2) is 0 Å². The third-order valence-electron chi connectivity index (χ3n) is 8.71. The van der Waals surface area contributed by atoms with Crippen molar-refractivity contribution in [1.82, 2.24) is 4.98 Å². The van der Waals surface area contributed by atoms with Crippen LogP contribution in [0.3, 0.4) is 0 Å². The molecule has 2 heteroatoms. The number of nitrogens with two attached hydrogens (primary N) is 1. The average molecular weight is 365 g/mol. The first-order valence-corrected chi connectivity index (χ1v) is 11.6. The Hall–Kier alpha value is -1.15. The van der Waals surface area contributed by atoms with E-state index in [1.165, 1.54) is 76.2 Å². The van der Waals surface area contributed by atoms with Crippen molar-refractivity contribution >= 4 is 0 Å². The topological polar surface area (TPSA) is 38.9 Å². The molecule has 0 radical (unpaired) electrons. The van der Waals surface area contributed by atoms with Crippen molar-refractivity contribution in [3.8, 4) is 0 Å². The van der Waals surface area contributed by atoms with E-state index in [1.807, 2.05) is 12.4 Å². The lowest BCUT2D eigenvalue weighted by atomic mass is 9.56. The lowest BCUT2D eigenvalue weighted by Gasteiger charge is -2.49. The number of pyridine rings is 1. The summed E-state index contributed by atoms with van der Waals surface area (Å²) in [4.78, 5) is 4.27. The smallest absolute Gasteiger partial charge is 0.0299 e. The number of rotatable bonds is 4. The summed E-state index contributed by atoms with van der Waals surface area (Å²) < 4.78 is 0. The van der Waals surface area contributed by atoms with Gasteiger partial charge in [-0.15, -0.1) is 0 Å². The summed E-state index contributed by atoms with van der Waals surface area (Å²) in [5, 5.41) is 0. The van der Waals surface area contributed by atoms with Crippen LogP contribution in [0.1, 0.15) is 69.8 Å². The third kappa shape index (κ3) is 3.50. The van der Waals surface area contributed by atoms with Crippen LogP contribution in [0, 0.1) is 35.5 Å². The molecule has 27 heavy (non-hydrogen) atoms. The minimum absolute atomic E-state index is 0.441. The lowest BCUT2D eigenvalue weighted by molar-refractivity contribution is 0.0483. The number of fused-ring (bicyclic) bond motifs is 5. The van der Waals surface area contributed by atoms with Crippen LogP contribution in [-0.2, 0) is 6.42 Å². The SMILES string of the molecule is NC1CCC2C(=CCC3C2CCC2C(CCCc4cccnc4)CCC23)C1. The standard InChI is InChI=1S/C25H36N2/c26-20-8-11-22-19(15-20)7-10-25-23-9-6-18(21(23)12-13-24(22)25)5-1-3-17-4-2-14-27-16-17/h2,4,7,14,16,18,20-25H,1,3,5-6,8-13,15,26H2. The van der Waals surface area contributed by atoms with E-state index in [0.29, 0.717) is 6.04 Å². The summed E-state index contributed by atoms with van der Waals surface area (Å²) in [6.45, 7) is 0. The van der Waals surface area contributed by atoms with E-state index in [4.69, 9.17) is 5.73 Å². The van der Waals surface area contributed by atoms with Gasteiger partial charge in [-0.05, 0) is 118 Å². The van der Waals surface area contributed by atoms with Crippen LogP contribution >= 0.6 is 0 Å². The van der Waals surface area contributed by atoms with Gasteiger partial charge >= 0.3 is 0 Å². The van der Waals surface area contributed by atoms with Crippen LogP contribution in [0.2, 0.25) is 0 Å². The Morgan fingerprint density at radius 2 is 1.85 bits per heavy atom. The van der Waals surface area contributed by atoms with Crippen molar-refractivity contribution in [1.29, 1.82) is 0 Å². The Morgan fingerprint density at radius 3 is 2.74 bits per heavy atom. The lowest BCUT2D eigenvalue weighted by Crippen LogP contribution is -2.42. The minimum Gasteiger partial charge on any atom is -0.327 e. The van der Waals surface area contributed by atoms with Gasteiger partial charge in [0, 0.05) is 18.4 Å². The van der Waals surface area contributed by atoms with Crippen molar-refractivity contribution in [2.45, 2.75) is 76.7 Å². The molecule has 0 amide bonds. The van der Waals surface area contributed by atoms with Gasteiger partial charge in [0.25, 0.3) is 0 Å². The monoisotopic (exact) mass is 364 g/mol. The highest BCUT2D eigenvalue weighted by atomic mass is 14.6. The Balaban J connectivity index is 1.20. The van der Waals surface area contributed by atoms with Gasteiger partial charge in [0.2, 0.25) is 0 Å². The fourth-order valence-electron chi connectivity index (χ4n) is 7.55. The molecule has 5 rings (SSSR count). The van der Waals surface area contributed by atoms with Crippen molar-refractivity contribution in [3.63, 3.8) is 0 Å². The van der Waals surface area contributed by atoms with Gasteiger partial charge in [-0.2, -0.15) is 0 Å². The van der Waals surface area contributed by atoms with Gasteiger partial charge in [0.1, 0.15) is 0 Å². The van der Waals surface area contributed by atoms with E-state index >= 15 is 0 Å².